The molecule has 2 aliphatic heterocycles. The van der Waals surface area contributed by atoms with Crippen LogP contribution in [0, 0.1) is 12.8 Å². The normalized spacial score (nSPS) is 18.7. The molecular formula is C25H33N3O. The van der Waals surface area contributed by atoms with Gasteiger partial charge < -0.3 is 4.90 Å². The third-order valence-electron chi connectivity index (χ3n) is 6.46. The molecule has 0 N–H and O–H groups in total. The van der Waals surface area contributed by atoms with E-state index in [4.69, 9.17) is 0 Å². The first-order chi connectivity index (χ1) is 14.2. The molecule has 0 spiro atoms. The highest BCUT2D eigenvalue weighted by Crippen LogP contribution is 2.23. The second kappa shape index (κ2) is 9.53. The fourth-order valence-corrected chi connectivity index (χ4v) is 4.61. The van der Waals surface area contributed by atoms with Crippen LogP contribution in [0.3, 0.4) is 0 Å². The lowest BCUT2D eigenvalue weighted by molar-refractivity contribution is 0.0690. The Hall–Kier alpha value is -2.20. The van der Waals surface area contributed by atoms with E-state index in [1.807, 2.05) is 24.0 Å². The molecule has 2 aliphatic rings. The monoisotopic (exact) mass is 391 g/mol. The van der Waals surface area contributed by atoms with E-state index < -0.39 is 0 Å². The Kier molecular flexibility index (Phi) is 6.60. The van der Waals surface area contributed by atoms with Gasteiger partial charge in [-0.25, -0.2) is 0 Å². The van der Waals surface area contributed by atoms with Crippen molar-refractivity contribution in [3.63, 3.8) is 0 Å². The lowest BCUT2D eigenvalue weighted by Crippen LogP contribution is -2.39. The summed E-state index contributed by atoms with van der Waals surface area (Å²) in [4.78, 5) is 21.5. The Labute approximate surface area is 174 Å². The number of amides is 1. The van der Waals surface area contributed by atoms with E-state index in [0.717, 1.165) is 44.6 Å². The number of piperidine rings is 2. The zero-order valence-electron chi connectivity index (χ0n) is 17.6. The highest BCUT2D eigenvalue weighted by molar-refractivity contribution is 5.93. The van der Waals surface area contributed by atoms with Crippen molar-refractivity contribution in [3.05, 3.63) is 65.0 Å². The number of rotatable bonds is 5. The lowest BCUT2D eigenvalue weighted by Gasteiger charge is -2.32. The number of pyridine rings is 1. The van der Waals surface area contributed by atoms with Gasteiger partial charge in [-0.3, -0.25) is 14.7 Å². The molecule has 4 heteroatoms. The summed E-state index contributed by atoms with van der Waals surface area (Å²) in [6, 6.07) is 13.1. The van der Waals surface area contributed by atoms with Gasteiger partial charge in [0.05, 0.1) is 5.56 Å². The zero-order chi connectivity index (χ0) is 20.1. The fraction of sp³-hybridized carbons (Fsp3) is 0.520. The van der Waals surface area contributed by atoms with Gasteiger partial charge in [-0.15, -0.1) is 0 Å². The maximum Gasteiger partial charge on any atom is 0.255 e. The summed E-state index contributed by atoms with van der Waals surface area (Å²) in [6.07, 6.45) is 9.08. The molecule has 1 aromatic carbocycles. The van der Waals surface area contributed by atoms with Crippen molar-refractivity contribution in [2.24, 2.45) is 5.92 Å². The van der Waals surface area contributed by atoms with Crippen LogP contribution < -0.4 is 0 Å². The van der Waals surface area contributed by atoms with Gasteiger partial charge in [-0.05, 0) is 81.3 Å². The second-order valence-electron chi connectivity index (χ2n) is 8.78. The maximum atomic E-state index is 12.7. The summed E-state index contributed by atoms with van der Waals surface area (Å²) in [6.45, 7) is 7.23. The molecule has 0 saturated carbocycles. The molecule has 2 aromatic rings. The van der Waals surface area contributed by atoms with Gasteiger partial charge in [0.25, 0.3) is 5.91 Å². The van der Waals surface area contributed by atoms with Crippen LogP contribution in [0.4, 0.5) is 0 Å². The molecule has 0 unspecified atom stereocenters. The first kappa shape index (κ1) is 20.1. The number of hydrogen-bond acceptors (Lipinski definition) is 3. The molecule has 1 aromatic heterocycles. The van der Waals surface area contributed by atoms with Crippen LogP contribution in [-0.2, 0) is 13.0 Å². The van der Waals surface area contributed by atoms with Gasteiger partial charge in [0, 0.05) is 31.5 Å². The minimum absolute atomic E-state index is 0.123. The molecule has 2 saturated heterocycles. The van der Waals surface area contributed by atoms with E-state index in [9.17, 15) is 4.79 Å². The Morgan fingerprint density at radius 3 is 2.28 bits per heavy atom. The Morgan fingerprint density at radius 2 is 1.62 bits per heavy atom. The van der Waals surface area contributed by atoms with Crippen molar-refractivity contribution in [1.29, 1.82) is 0 Å². The van der Waals surface area contributed by atoms with Crippen LogP contribution in [0.15, 0.2) is 42.6 Å². The van der Waals surface area contributed by atoms with Crippen molar-refractivity contribution in [2.75, 3.05) is 26.2 Å². The minimum atomic E-state index is 0.123. The molecule has 4 rings (SSSR count). The standard InChI is InChI=1S/C25H33N3O/c1-20-5-10-24(18-26-20)25(29)28-15-11-22(12-16-28)17-21-6-8-23(9-7-21)19-27-13-3-2-4-14-27/h5-10,18,22H,2-4,11-17,19H2,1H3. The average molecular weight is 392 g/mol. The molecule has 4 nitrogen and oxygen atoms in total. The van der Waals surface area contributed by atoms with E-state index in [1.54, 1.807) is 6.20 Å². The van der Waals surface area contributed by atoms with Crippen LogP contribution in [0.25, 0.3) is 0 Å². The summed E-state index contributed by atoms with van der Waals surface area (Å²) >= 11 is 0. The lowest BCUT2D eigenvalue weighted by atomic mass is 9.89. The molecule has 2 fully saturated rings. The highest BCUT2D eigenvalue weighted by atomic mass is 16.2. The Balaban J connectivity index is 1.25. The molecule has 154 valence electrons. The van der Waals surface area contributed by atoms with Crippen LogP contribution in [0.1, 0.15) is 59.3 Å². The van der Waals surface area contributed by atoms with Gasteiger partial charge in [-0.1, -0.05) is 30.7 Å². The van der Waals surface area contributed by atoms with Crippen molar-refractivity contribution in [1.82, 2.24) is 14.8 Å². The third kappa shape index (κ3) is 5.45. The van der Waals surface area contributed by atoms with E-state index in [0.29, 0.717) is 11.5 Å². The summed E-state index contributed by atoms with van der Waals surface area (Å²) in [5.41, 5.74) is 4.52. The summed E-state index contributed by atoms with van der Waals surface area (Å²) in [5, 5.41) is 0. The van der Waals surface area contributed by atoms with Crippen LogP contribution in [-0.4, -0.2) is 46.9 Å². The number of nitrogens with zero attached hydrogens (tertiary/aromatic N) is 3. The predicted octanol–water partition coefficient (Wildman–Crippen LogP) is 4.47. The van der Waals surface area contributed by atoms with Crippen LogP contribution in [0.5, 0.6) is 0 Å². The molecular weight excluding hydrogens is 358 g/mol. The molecule has 0 radical (unpaired) electrons. The SMILES string of the molecule is Cc1ccc(C(=O)N2CCC(Cc3ccc(CN4CCCCC4)cc3)CC2)cn1. The molecule has 29 heavy (non-hydrogen) atoms. The number of aromatic nitrogens is 1. The van der Waals surface area contributed by atoms with E-state index in [2.05, 4.69) is 34.1 Å². The van der Waals surface area contributed by atoms with Gasteiger partial charge >= 0.3 is 0 Å². The Bertz CT molecular complexity index is 786. The number of likely N-dealkylation sites (tertiary alicyclic amines) is 2. The van der Waals surface area contributed by atoms with Crippen LogP contribution in [0.2, 0.25) is 0 Å². The highest BCUT2D eigenvalue weighted by Gasteiger charge is 2.24. The molecule has 0 aliphatic carbocycles. The van der Waals surface area contributed by atoms with E-state index >= 15 is 0 Å². The number of carbonyl (C=O) groups is 1. The molecule has 3 heterocycles. The van der Waals surface area contributed by atoms with Crippen LogP contribution >= 0.6 is 0 Å². The first-order valence-electron chi connectivity index (χ1n) is 11.2. The molecule has 0 bridgehead atoms. The summed E-state index contributed by atoms with van der Waals surface area (Å²) < 4.78 is 0. The summed E-state index contributed by atoms with van der Waals surface area (Å²) in [5.74, 6) is 0.793. The van der Waals surface area contributed by atoms with Gasteiger partial charge in [0.1, 0.15) is 0 Å². The summed E-state index contributed by atoms with van der Waals surface area (Å²) in [7, 11) is 0. The van der Waals surface area contributed by atoms with E-state index in [1.165, 1.54) is 43.5 Å². The topological polar surface area (TPSA) is 36.4 Å². The fourth-order valence-electron chi connectivity index (χ4n) is 4.61. The quantitative estimate of drug-likeness (QED) is 0.754. The third-order valence-corrected chi connectivity index (χ3v) is 6.46. The van der Waals surface area contributed by atoms with Gasteiger partial charge in [-0.2, -0.15) is 0 Å². The zero-order valence-corrected chi connectivity index (χ0v) is 17.6. The van der Waals surface area contributed by atoms with Crippen molar-refractivity contribution >= 4 is 5.91 Å². The van der Waals surface area contributed by atoms with Crippen molar-refractivity contribution < 1.29 is 4.79 Å². The first-order valence-corrected chi connectivity index (χ1v) is 11.2. The predicted molar refractivity (Wildman–Crippen MR) is 117 cm³/mol. The number of carbonyl (C=O) groups excluding carboxylic acids is 1. The smallest absolute Gasteiger partial charge is 0.255 e. The maximum absolute atomic E-state index is 12.7. The van der Waals surface area contributed by atoms with Crippen molar-refractivity contribution in [3.8, 4) is 0 Å². The van der Waals surface area contributed by atoms with Gasteiger partial charge in [0.2, 0.25) is 0 Å². The van der Waals surface area contributed by atoms with E-state index in [-0.39, 0.29) is 5.91 Å². The van der Waals surface area contributed by atoms with Crippen molar-refractivity contribution in [2.45, 2.75) is 52.0 Å². The number of hydrogen-bond donors (Lipinski definition) is 0. The molecule has 0 atom stereocenters. The molecule has 1 amide bonds. The number of benzene rings is 1. The van der Waals surface area contributed by atoms with Gasteiger partial charge in [0.15, 0.2) is 0 Å². The number of aryl methyl sites for hydroxylation is 1. The second-order valence-corrected chi connectivity index (χ2v) is 8.78. The average Bonchev–Trinajstić information content (AvgIpc) is 2.76. The minimum Gasteiger partial charge on any atom is -0.339 e. The largest absolute Gasteiger partial charge is 0.339 e. The Morgan fingerprint density at radius 1 is 0.931 bits per heavy atom.